The van der Waals surface area contributed by atoms with Crippen LogP contribution in [0.1, 0.15) is 25.0 Å². The third kappa shape index (κ3) is 5.33. The van der Waals surface area contributed by atoms with E-state index < -0.39 is 0 Å². The Morgan fingerprint density at radius 2 is 0.842 bits per heavy atom. The lowest BCUT2D eigenvalue weighted by atomic mass is 9.81. The van der Waals surface area contributed by atoms with Crippen LogP contribution < -0.4 is 0 Å². The van der Waals surface area contributed by atoms with Gasteiger partial charge in [0, 0.05) is 22.1 Å². The molecule has 0 saturated heterocycles. The van der Waals surface area contributed by atoms with Gasteiger partial charge in [-0.2, -0.15) is 0 Å². The molecule has 0 amide bonds. The molecule has 2 heteroatoms. The molecule has 0 bridgehead atoms. The van der Waals surface area contributed by atoms with Crippen molar-refractivity contribution in [3.63, 3.8) is 0 Å². The summed E-state index contributed by atoms with van der Waals surface area (Å²) >= 11 is 0. The molecule has 2 nitrogen and oxygen atoms in total. The van der Waals surface area contributed by atoms with Crippen molar-refractivity contribution >= 4 is 32.3 Å². The number of hydrogen-bond acceptors (Lipinski definition) is 2. The first-order valence-corrected chi connectivity index (χ1v) is 19.7. The van der Waals surface area contributed by atoms with Gasteiger partial charge in [0.1, 0.15) is 0 Å². The van der Waals surface area contributed by atoms with Gasteiger partial charge in [-0.25, -0.2) is 9.97 Å². The maximum Gasteiger partial charge on any atom is 0.160 e. The average molecular weight is 727 g/mol. The number of nitrogens with zero attached hydrogens (tertiary/aromatic N) is 2. The van der Waals surface area contributed by atoms with Gasteiger partial charge in [-0.3, -0.25) is 0 Å². The first-order valence-electron chi connectivity index (χ1n) is 19.7. The molecule has 10 aromatic rings. The minimum Gasteiger partial charge on any atom is -0.228 e. The number of rotatable bonds is 5. The lowest BCUT2D eigenvalue weighted by molar-refractivity contribution is 0.661. The van der Waals surface area contributed by atoms with Crippen molar-refractivity contribution in [2.45, 2.75) is 19.3 Å². The van der Waals surface area contributed by atoms with Crippen molar-refractivity contribution in [3.8, 4) is 67.3 Å². The van der Waals surface area contributed by atoms with Crippen LogP contribution in [0.25, 0.3) is 99.6 Å². The second kappa shape index (κ2) is 13.0. The molecule has 57 heavy (non-hydrogen) atoms. The minimum atomic E-state index is -0.0769. The molecule has 0 N–H and O–H groups in total. The van der Waals surface area contributed by atoms with Crippen molar-refractivity contribution in [3.05, 3.63) is 205 Å². The zero-order valence-electron chi connectivity index (χ0n) is 31.9. The number of benzene rings is 9. The molecule has 1 aliphatic rings. The van der Waals surface area contributed by atoms with Crippen molar-refractivity contribution in [2.75, 3.05) is 0 Å². The van der Waals surface area contributed by atoms with Crippen LogP contribution in [0, 0.1) is 0 Å². The van der Waals surface area contributed by atoms with Gasteiger partial charge in [-0.05, 0) is 82.9 Å². The van der Waals surface area contributed by atoms with Gasteiger partial charge in [0.25, 0.3) is 0 Å². The lowest BCUT2D eigenvalue weighted by Crippen LogP contribution is -2.14. The van der Waals surface area contributed by atoms with Crippen LogP contribution in [0.15, 0.2) is 194 Å². The fraction of sp³-hybridized carbons (Fsp3) is 0.0545. The van der Waals surface area contributed by atoms with Crippen molar-refractivity contribution in [1.82, 2.24) is 9.97 Å². The Morgan fingerprint density at radius 1 is 0.333 bits per heavy atom. The van der Waals surface area contributed by atoms with Gasteiger partial charge in [-0.15, -0.1) is 0 Å². The fourth-order valence-electron chi connectivity index (χ4n) is 9.28. The summed E-state index contributed by atoms with van der Waals surface area (Å²) in [6.45, 7) is 4.73. The largest absolute Gasteiger partial charge is 0.228 e. The molecule has 1 heterocycles. The van der Waals surface area contributed by atoms with Gasteiger partial charge in [0.2, 0.25) is 0 Å². The second-order valence-electron chi connectivity index (χ2n) is 15.7. The summed E-state index contributed by atoms with van der Waals surface area (Å²) in [5, 5.41) is 7.32. The van der Waals surface area contributed by atoms with Crippen LogP contribution in [-0.2, 0) is 5.41 Å². The van der Waals surface area contributed by atoms with Gasteiger partial charge in [0.15, 0.2) is 5.82 Å². The second-order valence-corrected chi connectivity index (χ2v) is 15.7. The van der Waals surface area contributed by atoms with E-state index in [0.717, 1.165) is 33.5 Å². The molecule has 0 aliphatic heterocycles. The van der Waals surface area contributed by atoms with Gasteiger partial charge < -0.3 is 0 Å². The van der Waals surface area contributed by atoms with Crippen LogP contribution in [-0.4, -0.2) is 9.97 Å². The van der Waals surface area contributed by atoms with Crippen LogP contribution >= 0.6 is 0 Å². The summed E-state index contributed by atoms with van der Waals surface area (Å²) in [4.78, 5) is 10.4. The highest BCUT2D eigenvalue weighted by atomic mass is 14.9. The molecule has 1 aromatic heterocycles. The minimum absolute atomic E-state index is 0.0769. The Morgan fingerprint density at radius 3 is 1.58 bits per heavy atom. The Kier molecular flexibility index (Phi) is 7.55. The molecule has 9 aromatic carbocycles. The first-order chi connectivity index (χ1) is 28.0. The van der Waals surface area contributed by atoms with Crippen LogP contribution in [0.2, 0.25) is 0 Å². The molecule has 0 saturated carbocycles. The van der Waals surface area contributed by atoms with E-state index in [9.17, 15) is 0 Å². The third-order valence-electron chi connectivity index (χ3n) is 12.1. The van der Waals surface area contributed by atoms with E-state index in [1.54, 1.807) is 0 Å². The van der Waals surface area contributed by atoms with Crippen LogP contribution in [0.4, 0.5) is 0 Å². The SMILES string of the molecule is CC1(C)c2cccc(-c3ccc(-c4ccc(-c5cc(-c6cccc7ccccc67)nc(-c6ccccc6)n5)c5ccccc45)cc3)c2-c2c1ccc1ccccc21. The van der Waals surface area contributed by atoms with E-state index in [1.165, 1.54) is 71.4 Å². The summed E-state index contributed by atoms with van der Waals surface area (Å²) in [6, 6.07) is 70.1. The highest BCUT2D eigenvalue weighted by Crippen LogP contribution is 2.54. The van der Waals surface area contributed by atoms with Gasteiger partial charge in [-0.1, -0.05) is 202 Å². The number of aromatic nitrogens is 2. The predicted octanol–water partition coefficient (Wildman–Crippen LogP) is 14.6. The quantitative estimate of drug-likeness (QED) is 0.176. The van der Waals surface area contributed by atoms with E-state index in [-0.39, 0.29) is 5.41 Å². The molecule has 11 rings (SSSR count). The summed E-state index contributed by atoms with van der Waals surface area (Å²) < 4.78 is 0. The van der Waals surface area contributed by atoms with E-state index in [4.69, 9.17) is 9.97 Å². The molecule has 0 fully saturated rings. The molecule has 0 unspecified atom stereocenters. The summed E-state index contributed by atoms with van der Waals surface area (Å²) in [7, 11) is 0. The molecule has 0 atom stereocenters. The zero-order chi connectivity index (χ0) is 38.1. The normalized spacial score (nSPS) is 12.9. The Bertz CT molecular complexity index is 3190. The van der Waals surface area contributed by atoms with Crippen molar-refractivity contribution in [2.24, 2.45) is 0 Å². The van der Waals surface area contributed by atoms with Crippen LogP contribution in [0.5, 0.6) is 0 Å². The summed E-state index contributed by atoms with van der Waals surface area (Å²) in [5.74, 6) is 0.714. The smallest absolute Gasteiger partial charge is 0.160 e. The number of hydrogen-bond donors (Lipinski definition) is 0. The summed E-state index contributed by atoms with van der Waals surface area (Å²) in [5.41, 5.74) is 15.3. The highest BCUT2D eigenvalue weighted by Gasteiger charge is 2.37. The first kappa shape index (κ1) is 33.2. The maximum absolute atomic E-state index is 5.24. The third-order valence-corrected chi connectivity index (χ3v) is 12.1. The molecular weight excluding hydrogens is 689 g/mol. The number of fused-ring (bicyclic) bond motifs is 7. The molecule has 268 valence electrons. The molecule has 1 aliphatic carbocycles. The van der Waals surface area contributed by atoms with Crippen LogP contribution in [0.3, 0.4) is 0 Å². The fourth-order valence-corrected chi connectivity index (χ4v) is 9.28. The topological polar surface area (TPSA) is 25.8 Å². The lowest BCUT2D eigenvalue weighted by Gasteiger charge is -2.21. The van der Waals surface area contributed by atoms with Gasteiger partial charge >= 0.3 is 0 Å². The molecular formula is C55H38N2. The Hall–Kier alpha value is -7.16. The summed E-state index contributed by atoms with van der Waals surface area (Å²) in [6.07, 6.45) is 0. The predicted molar refractivity (Wildman–Crippen MR) is 239 cm³/mol. The molecule has 0 spiro atoms. The van der Waals surface area contributed by atoms with Crippen molar-refractivity contribution < 1.29 is 0 Å². The molecule has 0 radical (unpaired) electrons. The van der Waals surface area contributed by atoms with Crippen molar-refractivity contribution in [1.29, 1.82) is 0 Å². The average Bonchev–Trinajstić information content (AvgIpc) is 3.52. The Labute approximate surface area is 332 Å². The van der Waals surface area contributed by atoms with E-state index >= 15 is 0 Å². The van der Waals surface area contributed by atoms with E-state index in [0.29, 0.717) is 5.82 Å². The zero-order valence-corrected chi connectivity index (χ0v) is 31.9. The maximum atomic E-state index is 5.24. The van der Waals surface area contributed by atoms with E-state index in [1.807, 2.05) is 18.2 Å². The van der Waals surface area contributed by atoms with E-state index in [2.05, 4.69) is 190 Å². The standard InChI is InChI=1S/C55H38N2/c1-55(2)48-25-13-23-43(52(48)53-42-20-9-7-15-36(42)30-33-49(53)55)38-28-26-37(27-29-38)41-31-32-47(45-22-11-10-21-44(41)45)51-34-50(56-54(57-51)39-16-4-3-5-17-39)46-24-12-18-35-14-6-8-19-40(35)46/h3-34H,1-2H3. The highest BCUT2D eigenvalue weighted by molar-refractivity contribution is 6.08. The monoisotopic (exact) mass is 726 g/mol. The Balaban J connectivity index is 1.03. The van der Waals surface area contributed by atoms with Gasteiger partial charge in [0.05, 0.1) is 11.4 Å².